The minimum Gasteiger partial charge on any atom is -0.497 e. The molecule has 0 saturated heterocycles. The fraction of sp³-hybridized carbons (Fsp3) is 0.304. The minimum atomic E-state index is -0.617. The van der Waals surface area contributed by atoms with Crippen molar-refractivity contribution in [1.29, 1.82) is 0 Å². The molecule has 2 aromatic carbocycles. The number of benzene rings is 2. The maximum atomic E-state index is 12.7. The Balaban J connectivity index is 1.68. The number of amides is 2. The van der Waals surface area contributed by atoms with E-state index in [0.29, 0.717) is 23.6 Å². The second-order valence-electron chi connectivity index (χ2n) is 7.42. The first kappa shape index (κ1) is 20.0. The second-order valence-corrected chi connectivity index (χ2v) is 7.42. The Morgan fingerprint density at radius 1 is 1.13 bits per heavy atom. The Bertz CT molecular complexity index is 1000. The van der Waals surface area contributed by atoms with E-state index in [-0.39, 0.29) is 6.03 Å². The molecule has 2 aromatic rings. The summed E-state index contributed by atoms with van der Waals surface area (Å²) in [4.78, 5) is 27.4. The van der Waals surface area contributed by atoms with Gasteiger partial charge < -0.3 is 20.1 Å². The zero-order valence-electron chi connectivity index (χ0n) is 17.1. The van der Waals surface area contributed by atoms with E-state index in [1.54, 1.807) is 7.11 Å². The number of urea groups is 1. The van der Waals surface area contributed by atoms with Gasteiger partial charge in [0.15, 0.2) is 0 Å². The summed E-state index contributed by atoms with van der Waals surface area (Å²) < 4.78 is 10.4. The van der Waals surface area contributed by atoms with Crippen molar-refractivity contribution in [3.8, 4) is 5.75 Å². The van der Waals surface area contributed by atoms with Crippen molar-refractivity contribution in [3.63, 3.8) is 0 Å². The van der Waals surface area contributed by atoms with Gasteiger partial charge in [-0.3, -0.25) is 4.90 Å². The van der Waals surface area contributed by atoms with E-state index in [0.717, 1.165) is 25.1 Å². The van der Waals surface area contributed by atoms with E-state index in [9.17, 15) is 9.59 Å². The molecule has 2 amide bonds. The Kier molecular flexibility index (Phi) is 5.72. The third kappa shape index (κ3) is 4.02. The Morgan fingerprint density at radius 2 is 1.93 bits per heavy atom. The Labute approximate surface area is 175 Å². The van der Waals surface area contributed by atoms with Crippen molar-refractivity contribution < 1.29 is 19.1 Å². The summed E-state index contributed by atoms with van der Waals surface area (Å²) in [6, 6.07) is 14.7. The number of ether oxygens (including phenoxy) is 2. The van der Waals surface area contributed by atoms with Crippen LogP contribution in [-0.4, -0.2) is 44.2 Å². The fourth-order valence-corrected chi connectivity index (χ4v) is 4.08. The topological polar surface area (TPSA) is 79.9 Å². The summed E-state index contributed by atoms with van der Waals surface area (Å²) >= 11 is 0. The van der Waals surface area contributed by atoms with Gasteiger partial charge in [0.25, 0.3) is 0 Å². The molecule has 2 N–H and O–H groups in total. The van der Waals surface area contributed by atoms with Crippen molar-refractivity contribution in [2.75, 3.05) is 27.3 Å². The van der Waals surface area contributed by atoms with Crippen LogP contribution in [-0.2, 0) is 22.5 Å². The van der Waals surface area contributed by atoms with Crippen molar-refractivity contribution in [3.05, 3.63) is 76.5 Å². The lowest BCUT2D eigenvalue weighted by Gasteiger charge is -2.34. The Morgan fingerprint density at radius 3 is 2.70 bits per heavy atom. The predicted molar refractivity (Wildman–Crippen MR) is 112 cm³/mol. The predicted octanol–water partition coefficient (Wildman–Crippen LogP) is 2.53. The second kappa shape index (κ2) is 8.59. The van der Waals surface area contributed by atoms with E-state index in [4.69, 9.17) is 9.47 Å². The molecular formula is C23H25N3O4. The van der Waals surface area contributed by atoms with Gasteiger partial charge in [0.1, 0.15) is 5.75 Å². The lowest BCUT2D eigenvalue weighted by molar-refractivity contribution is -0.136. The molecule has 0 bridgehead atoms. The van der Waals surface area contributed by atoms with Crippen molar-refractivity contribution in [1.82, 2.24) is 15.5 Å². The number of carbonyl (C=O) groups is 2. The summed E-state index contributed by atoms with van der Waals surface area (Å²) in [5.74, 6) is 0.182. The van der Waals surface area contributed by atoms with Crippen molar-refractivity contribution in [2.45, 2.75) is 19.0 Å². The third-order valence-electron chi connectivity index (χ3n) is 5.58. The molecule has 7 nitrogen and oxygen atoms in total. The average molecular weight is 407 g/mol. The number of hydrogen-bond acceptors (Lipinski definition) is 5. The van der Waals surface area contributed by atoms with Gasteiger partial charge in [-0.2, -0.15) is 0 Å². The van der Waals surface area contributed by atoms with Gasteiger partial charge in [0, 0.05) is 25.3 Å². The van der Waals surface area contributed by atoms with Gasteiger partial charge in [-0.05, 0) is 35.2 Å². The summed E-state index contributed by atoms with van der Waals surface area (Å²) in [7, 11) is 2.93. The highest BCUT2D eigenvalue weighted by Crippen LogP contribution is 2.30. The van der Waals surface area contributed by atoms with Crippen molar-refractivity contribution in [2.24, 2.45) is 0 Å². The number of rotatable bonds is 5. The molecule has 156 valence electrons. The van der Waals surface area contributed by atoms with Gasteiger partial charge in [-0.1, -0.05) is 36.4 Å². The van der Waals surface area contributed by atoms with Crippen LogP contribution in [0, 0.1) is 0 Å². The van der Waals surface area contributed by atoms with Crippen LogP contribution < -0.4 is 15.4 Å². The van der Waals surface area contributed by atoms with E-state index in [2.05, 4.69) is 33.7 Å². The molecule has 0 fully saturated rings. The monoisotopic (exact) mass is 407 g/mol. The zero-order valence-corrected chi connectivity index (χ0v) is 17.1. The minimum absolute atomic E-state index is 0.345. The van der Waals surface area contributed by atoms with Crippen molar-refractivity contribution >= 4 is 12.0 Å². The molecule has 0 unspecified atom stereocenters. The van der Waals surface area contributed by atoms with Crippen LogP contribution >= 0.6 is 0 Å². The number of fused-ring (bicyclic) bond motifs is 1. The van der Waals surface area contributed by atoms with Gasteiger partial charge >= 0.3 is 12.0 Å². The maximum Gasteiger partial charge on any atom is 0.338 e. The molecule has 0 spiro atoms. The summed E-state index contributed by atoms with van der Waals surface area (Å²) in [5, 5.41) is 5.69. The highest BCUT2D eigenvalue weighted by Gasteiger charge is 2.34. The van der Waals surface area contributed by atoms with Crippen LogP contribution in [0.5, 0.6) is 5.75 Å². The molecule has 1 atom stereocenters. The fourth-order valence-electron chi connectivity index (χ4n) is 4.08. The molecule has 2 aliphatic heterocycles. The maximum absolute atomic E-state index is 12.7. The molecule has 0 radical (unpaired) electrons. The van der Waals surface area contributed by atoms with E-state index in [1.807, 2.05) is 30.3 Å². The highest BCUT2D eigenvalue weighted by atomic mass is 16.5. The first-order valence-electron chi connectivity index (χ1n) is 9.91. The quantitative estimate of drug-likeness (QED) is 0.745. The van der Waals surface area contributed by atoms with Crippen LogP contribution in [0.1, 0.15) is 22.7 Å². The Hall–Kier alpha value is -3.32. The molecule has 4 rings (SSSR count). The van der Waals surface area contributed by atoms with Gasteiger partial charge in [-0.15, -0.1) is 0 Å². The molecular weight excluding hydrogens is 382 g/mol. The van der Waals surface area contributed by atoms with E-state index >= 15 is 0 Å². The molecule has 7 heteroatoms. The number of nitrogens with one attached hydrogen (secondary N) is 2. The zero-order chi connectivity index (χ0) is 21.1. The molecule has 0 aliphatic carbocycles. The average Bonchev–Trinajstić information content (AvgIpc) is 2.78. The smallest absolute Gasteiger partial charge is 0.338 e. The number of carbonyl (C=O) groups excluding carboxylic acids is 2. The normalized spacial score (nSPS) is 18.9. The molecule has 0 saturated carbocycles. The van der Waals surface area contributed by atoms with Crippen LogP contribution in [0.15, 0.2) is 59.8 Å². The van der Waals surface area contributed by atoms with E-state index < -0.39 is 12.0 Å². The molecule has 2 aliphatic rings. The van der Waals surface area contributed by atoms with Crippen LogP contribution in [0.3, 0.4) is 0 Å². The van der Waals surface area contributed by atoms with Crippen LogP contribution in [0.2, 0.25) is 0 Å². The first-order valence-corrected chi connectivity index (χ1v) is 9.91. The lowest BCUT2D eigenvalue weighted by atomic mass is 9.94. The first-order chi connectivity index (χ1) is 14.6. The third-order valence-corrected chi connectivity index (χ3v) is 5.58. The van der Waals surface area contributed by atoms with Crippen LogP contribution in [0.25, 0.3) is 0 Å². The summed E-state index contributed by atoms with van der Waals surface area (Å²) in [6.45, 7) is 2.07. The lowest BCUT2D eigenvalue weighted by Crippen LogP contribution is -2.48. The van der Waals surface area contributed by atoms with Crippen LogP contribution in [0.4, 0.5) is 4.79 Å². The van der Waals surface area contributed by atoms with Gasteiger partial charge in [-0.25, -0.2) is 9.59 Å². The SMILES string of the molecule is COC(=O)C1=C(CN2CCc3ccccc3C2)NC(=O)N[C@H]1c1cccc(OC)c1. The number of nitrogens with zero attached hydrogens (tertiary/aromatic N) is 1. The van der Waals surface area contributed by atoms with Gasteiger partial charge in [0.2, 0.25) is 0 Å². The van der Waals surface area contributed by atoms with Gasteiger partial charge in [0.05, 0.1) is 25.8 Å². The number of hydrogen-bond donors (Lipinski definition) is 2. The molecule has 0 aromatic heterocycles. The highest BCUT2D eigenvalue weighted by molar-refractivity contribution is 5.95. The van der Waals surface area contributed by atoms with E-state index in [1.165, 1.54) is 18.2 Å². The number of methoxy groups -OCH3 is 2. The number of esters is 1. The summed E-state index contributed by atoms with van der Waals surface area (Å²) in [6.07, 6.45) is 0.933. The largest absolute Gasteiger partial charge is 0.497 e. The summed E-state index contributed by atoms with van der Waals surface area (Å²) in [5.41, 5.74) is 4.35. The molecule has 2 heterocycles. The standard InChI is InChI=1S/C23H25N3O4/c1-29-18-9-5-8-16(12-18)21-20(22(27)30-2)19(24-23(28)25-21)14-26-11-10-15-6-3-4-7-17(15)13-26/h3-9,12,21H,10-11,13-14H2,1-2H3,(H2,24,25,28)/t21-/m0/s1. The molecule has 30 heavy (non-hydrogen) atoms.